The summed E-state index contributed by atoms with van der Waals surface area (Å²) in [6, 6.07) is -0.934. The van der Waals surface area contributed by atoms with Crippen LogP contribution in [0.2, 0.25) is 0 Å². The van der Waals surface area contributed by atoms with Crippen molar-refractivity contribution in [3.05, 3.63) is 0 Å². The van der Waals surface area contributed by atoms with E-state index in [4.69, 9.17) is 5.11 Å². The molecule has 2 atom stereocenters. The van der Waals surface area contributed by atoms with Gasteiger partial charge in [-0.2, -0.15) is 0 Å². The predicted octanol–water partition coefficient (Wildman–Crippen LogP) is 1.73. The second-order valence-electron chi connectivity index (χ2n) is 4.07. The van der Waals surface area contributed by atoms with Gasteiger partial charge < -0.3 is 10.4 Å². The van der Waals surface area contributed by atoms with E-state index in [1.54, 1.807) is 11.8 Å². The lowest BCUT2D eigenvalue weighted by molar-refractivity contribution is -0.141. The van der Waals surface area contributed by atoms with Crippen LogP contribution >= 0.6 is 11.8 Å². The third-order valence-corrected chi connectivity index (χ3v) is 4.03. The minimum absolute atomic E-state index is 0.00189. The molecule has 0 radical (unpaired) electrons. The number of carbonyl (C=O) groups is 2. The first kappa shape index (κ1) is 14.2. The molecule has 0 aromatic carbocycles. The number of carboxylic acids is 1. The number of thioether (sulfide) groups is 1. The van der Waals surface area contributed by atoms with Crippen LogP contribution in [0, 0.1) is 0 Å². The van der Waals surface area contributed by atoms with Crippen molar-refractivity contribution >= 4 is 23.8 Å². The second kappa shape index (κ2) is 6.74. The number of urea groups is 1. The molecule has 1 aliphatic heterocycles. The summed E-state index contributed by atoms with van der Waals surface area (Å²) in [7, 11) is 0. The summed E-state index contributed by atoms with van der Waals surface area (Å²) in [4.78, 5) is 24.5. The summed E-state index contributed by atoms with van der Waals surface area (Å²) in [6.07, 6.45) is 2.64. The molecule has 1 fully saturated rings. The molecule has 98 valence electrons. The molecule has 1 saturated heterocycles. The Kier molecular flexibility index (Phi) is 5.61. The van der Waals surface area contributed by atoms with E-state index in [2.05, 4.69) is 5.32 Å². The highest BCUT2D eigenvalue weighted by atomic mass is 32.2. The van der Waals surface area contributed by atoms with E-state index in [0.29, 0.717) is 12.3 Å². The molecule has 0 aliphatic carbocycles. The number of rotatable bonds is 5. The summed E-state index contributed by atoms with van der Waals surface area (Å²) in [5.41, 5.74) is 0. The van der Waals surface area contributed by atoms with Gasteiger partial charge in [0.05, 0.1) is 5.37 Å². The fourth-order valence-corrected chi connectivity index (χ4v) is 3.33. The van der Waals surface area contributed by atoms with Crippen molar-refractivity contribution in [1.29, 1.82) is 0 Å². The van der Waals surface area contributed by atoms with E-state index in [-0.39, 0.29) is 11.4 Å². The Hall–Kier alpha value is -0.910. The number of nitrogens with one attached hydrogen (secondary N) is 1. The minimum atomic E-state index is -0.914. The number of carbonyl (C=O) groups excluding carboxylic acids is 1. The first-order valence-corrected chi connectivity index (χ1v) is 7.07. The largest absolute Gasteiger partial charge is 0.480 e. The van der Waals surface area contributed by atoms with Crippen LogP contribution in [0.15, 0.2) is 0 Å². The van der Waals surface area contributed by atoms with E-state index >= 15 is 0 Å². The fourth-order valence-electron chi connectivity index (χ4n) is 1.82. The van der Waals surface area contributed by atoms with Gasteiger partial charge in [-0.25, -0.2) is 9.59 Å². The Morgan fingerprint density at radius 3 is 2.65 bits per heavy atom. The smallest absolute Gasteiger partial charge is 0.327 e. The van der Waals surface area contributed by atoms with Gasteiger partial charge in [0.2, 0.25) is 0 Å². The molecular weight excluding hydrogens is 240 g/mol. The molecule has 2 N–H and O–H groups in total. The summed E-state index contributed by atoms with van der Waals surface area (Å²) in [5, 5.41) is 11.9. The zero-order valence-corrected chi connectivity index (χ0v) is 11.1. The zero-order valence-electron chi connectivity index (χ0n) is 10.3. The maximum Gasteiger partial charge on any atom is 0.327 e. The Balaban J connectivity index is 2.70. The molecule has 1 heterocycles. The first-order valence-electron chi connectivity index (χ1n) is 6.02. The Morgan fingerprint density at radius 2 is 2.12 bits per heavy atom. The molecule has 6 heteroatoms. The van der Waals surface area contributed by atoms with Crippen LogP contribution in [-0.2, 0) is 4.79 Å². The lowest BCUT2D eigenvalue weighted by Gasteiger charge is -2.27. The highest BCUT2D eigenvalue weighted by molar-refractivity contribution is 8.00. The molecule has 0 bridgehead atoms. The van der Waals surface area contributed by atoms with E-state index in [9.17, 15) is 9.59 Å². The van der Waals surface area contributed by atoms with Crippen molar-refractivity contribution in [2.45, 2.75) is 44.5 Å². The second-order valence-corrected chi connectivity index (χ2v) is 5.28. The van der Waals surface area contributed by atoms with Crippen LogP contribution in [0.25, 0.3) is 0 Å². The van der Waals surface area contributed by atoms with Crippen molar-refractivity contribution < 1.29 is 14.7 Å². The van der Waals surface area contributed by atoms with Crippen molar-refractivity contribution in [2.24, 2.45) is 0 Å². The molecule has 0 spiro atoms. The number of carboxylic acid groups (broad SMARTS) is 1. The molecule has 1 rings (SSSR count). The van der Waals surface area contributed by atoms with Gasteiger partial charge in [-0.1, -0.05) is 20.3 Å². The maximum absolute atomic E-state index is 11.9. The van der Waals surface area contributed by atoms with E-state index in [1.165, 1.54) is 4.90 Å². The Morgan fingerprint density at radius 1 is 1.41 bits per heavy atom. The third-order valence-electron chi connectivity index (χ3n) is 2.67. The van der Waals surface area contributed by atoms with Crippen molar-refractivity contribution in [1.82, 2.24) is 10.2 Å². The lowest BCUT2D eigenvalue weighted by Crippen LogP contribution is -2.50. The molecule has 2 amide bonds. The Bertz CT molecular complexity index is 286. The predicted molar refractivity (Wildman–Crippen MR) is 68.1 cm³/mol. The summed E-state index contributed by atoms with van der Waals surface area (Å²) in [5.74, 6) is -0.428. The average molecular weight is 260 g/mol. The quantitative estimate of drug-likeness (QED) is 0.790. The molecule has 2 unspecified atom stereocenters. The fraction of sp³-hybridized carbons (Fsp3) is 0.818. The molecule has 1 aliphatic rings. The number of hydrogen-bond donors (Lipinski definition) is 2. The standard InChI is InChI=1S/C11H20N2O3S/c1-3-5-9-13(11(16)12-6-4-2)8(7-17-9)10(14)15/h8-9H,3-7H2,1-2H3,(H,12,16)(H,14,15). The van der Waals surface area contributed by atoms with Gasteiger partial charge in [0.25, 0.3) is 0 Å². The highest BCUT2D eigenvalue weighted by Gasteiger charge is 2.40. The molecule has 0 aromatic rings. The SMILES string of the molecule is CCCNC(=O)N1C(CCC)SCC1C(=O)O. The summed E-state index contributed by atoms with van der Waals surface area (Å²) in [6.45, 7) is 4.60. The number of nitrogens with zero attached hydrogens (tertiary/aromatic N) is 1. The number of aliphatic carboxylic acids is 1. The van der Waals surface area contributed by atoms with E-state index < -0.39 is 12.0 Å². The van der Waals surface area contributed by atoms with Gasteiger partial charge in [-0.3, -0.25) is 4.90 Å². The van der Waals surface area contributed by atoms with E-state index in [0.717, 1.165) is 19.3 Å². The van der Waals surface area contributed by atoms with Crippen LogP contribution in [0.4, 0.5) is 4.79 Å². The molecular formula is C11H20N2O3S. The molecule has 0 saturated carbocycles. The van der Waals surface area contributed by atoms with Crippen molar-refractivity contribution in [3.63, 3.8) is 0 Å². The van der Waals surface area contributed by atoms with Crippen LogP contribution in [0.3, 0.4) is 0 Å². The minimum Gasteiger partial charge on any atom is -0.480 e. The monoisotopic (exact) mass is 260 g/mol. The highest BCUT2D eigenvalue weighted by Crippen LogP contribution is 2.32. The van der Waals surface area contributed by atoms with Crippen LogP contribution < -0.4 is 5.32 Å². The zero-order chi connectivity index (χ0) is 12.8. The Labute approximate surface area is 106 Å². The summed E-state index contributed by atoms with van der Waals surface area (Å²) >= 11 is 1.56. The van der Waals surface area contributed by atoms with Crippen molar-refractivity contribution in [3.8, 4) is 0 Å². The average Bonchev–Trinajstić information content (AvgIpc) is 2.70. The van der Waals surface area contributed by atoms with Gasteiger partial charge in [0.1, 0.15) is 6.04 Å². The topological polar surface area (TPSA) is 69.6 Å². The van der Waals surface area contributed by atoms with Crippen molar-refractivity contribution in [2.75, 3.05) is 12.3 Å². The van der Waals surface area contributed by atoms with Crippen LogP contribution in [-0.4, -0.2) is 45.7 Å². The lowest BCUT2D eigenvalue weighted by atomic mass is 10.2. The molecule has 5 nitrogen and oxygen atoms in total. The van der Waals surface area contributed by atoms with Gasteiger partial charge >= 0.3 is 12.0 Å². The molecule has 0 aromatic heterocycles. The summed E-state index contributed by atoms with van der Waals surface area (Å²) < 4.78 is 0. The van der Waals surface area contributed by atoms with Gasteiger partial charge in [0, 0.05) is 12.3 Å². The maximum atomic E-state index is 11.9. The molecule has 17 heavy (non-hydrogen) atoms. The third kappa shape index (κ3) is 3.52. The van der Waals surface area contributed by atoms with Gasteiger partial charge in [-0.05, 0) is 12.8 Å². The number of amides is 2. The van der Waals surface area contributed by atoms with Gasteiger partial charge in [-0.15, -0.1) is 11.8 Å². The van der Waals surface area contributed by atoms with Crippen LogP contribution in [0.5, 0.6) is 0 Å². The first-order chi connectivity index (χ1) is 8.11. The number of hydrogen-bond acceptors (Lipinski definition) is 3. The van der Waals surface area contributed by atoms with Crippen LogP contribution in [0.1, 0.15) is 33.1 Å². The van der Waals surface area contributed by atoms with Gasteiger partial charge in [0.15, 0.2) is 0 Å². The van der Waals surface area contributed by atoms with E-state index in [1.807, 2.05) is 13.8 Å². The normalized spacial score (nSPS) is 23.8.